The number of unbranched alkanes of at least 4 members (excludes halogenated alkanes) is 1. The van der Waals surface area contributed by atoms with E-state index in [-0.39, 0.29) is 5.91 Å². The van der Waals surface area contributed by atoms with Crippen LogP contribution in [0.15, 0.2) is 48.7 Å². The first-order valence-corrected chi connectivity index (χ1v) is 7.20. The van der Waals surface area contributed by atoms with Gasteiger partial charge in [0.05, 0.1) is 0 Å². The number of nitrogens with zero attached hydrogens (tertiary/aromatic N) is 1. The number of hydrogen-bond donors (Lipinski definition) is 1. The summed E-state index contributed by atoms with van der Waals surface area (Å²) in [6.45, 7) is 4.07. The van der Waals surface area contributed by atoms with Gasteiger partial charge in [0.25, 0.3) is 5.91 Å². The number of amides is 1. The van der Waals surface area contributed by atoms with Crippen LogP contribution >= 0.6 is 0 Å². The summed E-state index contributed by atoms with van der Waals surface area (Å²) in [5.74, 6) is 0.436. The van der Waals surface area contributed by atoms with Crippen molar-refractivity contribution in [2.45, 2.75) is 26.7 Å². The Labute approximate surface area is 125 Å². The van der Waals surface area contributed by atoms with E-state index in [4.69, 9.17) is 0 Å². The van der Waals surface area contributed by atoms with Gasteiger partial charge in [-0.05, 0) is 42.7 Å². The number of carbonyl (C=O) groups is 1. The van der Waals surface area contributed by atoms with Crippen molar-refractivity contribution in [2.24, 2.45) is 0 Å². The van der Waals surface area contributed by atoms with E-state index in [1.165, 1.54) is 0 Å². The molecule has 2 aromatic rings. The number of aromatic nitrogens is 1. The van der Waals surface area contributed by atoms with E-state index in [1.807, 2.05) is 49.4 Å². The summed E-state index contributed by atoms with van der Waals surface area (Å²) in [5.41, 5.74) is 2.66. The maximum absolute atomic E-state index is 12.2. The maximum Gasteiger partial charge on any atom is 0.257 e. The Morgan fingerprint density at radius 1 is 1.24 bits per heavy atom. The Hall–Kier alpha value is -2.42. The number of nitrogens with one attached hydrogen (secondary N) is 1. The standard InChI is InChI=1S/C18H20N2O/c1-3-4-5-9-15-11-12-17(19-13-15)20-18(21)16-10-7-6-8-14(16)2/h5-13H,3-4H2,1-2H3,(H,19,20,21)/b9-5+. The van der Waals surface area contributed by atoms with Crippen LogP contribution in [0.4, 0.5) is 5.82 Å². The molecule has 2 rings (SSSR count). The quantitative estimate of drug-likeness (QED) is 0.878. The highest BCUT2D eigenvalue weighted by Gasteiger charge is 2.08. The molecule has 0 atom stereocenters. The number of hydrogen-bond acceptors (Lipinski definition) is 2. The van der Waals surface area contributed by atoms with Gasteiger partial charge in [0.2, 0.25) is 0 Å². The first kappa shape index (κ1) is 15.0. The molecule has 0 unspecified atom stereocenters. The molecule has 1 heterocycles. The molecule has 0 fully saturated rings. The zero-order chi connectivity index (χ0) is 15.1. The zero-order valence-corrected chi connectivity index (χ0v) is 12.5. The number of benzene rings is 1. The molecule has 1 amide bonds. The van der Waals surface area contributed by atoms with E-state index < -0.39 is 0 Å². The van der Waals surface area contributed by atoms with E-state index in [2.05, 4.69) is 23.3 Å². The molecule has 0 radical (unpaired) electrons. The van der Waals surface area contributed by atoms with Crippen LogP contribution in [0, 0.1) is 6.92 Å². The van der Waals surface area contributed by atoms with Gasteiger partial charge in [-0.1, -0.05) is 43.7 Å². The van der Waals surface area contributed by atoms with Gasteiger partial charge in [-0.25, -0.2) is 4.98 Å². The number of aryl methyl sites for hydroxylation is 1. The molecule has 0 spiro atoms. The van der Waals surface area contributed by atoms with Crippen LogP contribution < -0.4 is 5.32 Å². The van der Waals surface area contributed by atoms with Crippen molar-refractivity contribution >= 4 is 17.8 Å². The summed E-state index contributed by atoms with van der Waals surface area (Å²) in [7, 11) is 0. The second-order valence-electron chi connectivity index (χ2n) is 4.94. The molecule has 0 aliphatic heterocycles. The van der Waals surface area contributed by atoms with Gasteiger partial charge in [-0.15, -0.1) is 0 Å². The second kappa shape index (κ2) is 7.39. The van der Waals surface area contributed by atoms with E-state index in [1.54, 1.807) is 6.20 Å². The van der Waals surface area contributed by atoms with Crippen LogP contribution in [0.5, 0.6) is 0 Å². The minimum absolute atomic E-state index is 0.130. The topological polar surface area (TPSA) is 42.0 Å². The maximum atomic E-state index is 12.2. The van der Waals surface area contributed by atoms with Gasteiger partial charge >= 0.3 is 0 Å². The molecule has 3 nitrogen and oxygen atoms in total. The molecule has 21 heavy (non-hydrogen) atoms. The van der Waals surface area contributed by atoms with Crippen LogP contribution in [0.3, 0.4) is 0 Å². The highest BCUT2D eigenvalue weighted by Crippen LogP contribution is 2.12. The Morgan fingerprint density at radius 2 is 2.05 bits per heavy atom. The Kier molecular flexibility index (Phi) is 5.27. The van der Waals surface area contributed by atoms with Gasteiger partial charge in [0.15, 0.2) is 0 Å². The normalized spacial score (nSPS) is 10.8. The molecule has 1 N–H and O–H groups in total. The monoisotopic (exact) mass is 280 g/mol. The fourth-order valence-electron chi connectivity index (χ4n) is 1.98. The van der Waals surface area contributed by atoms with Gasteiger partial charge in [-0.3, -0.25) is 4.79 Å². The summed E-state index contributed by atoms with van der Waals surface area (Å²) in [6.07, 6.45) is 8.13. The number of anilines is 1. The summed E-state index contributed by atoms with van der Waals surface area (Å²) < 4.78 is 0. The van der Waals surface area contributed by atoms with Crippen molar-refractivity contribution < 1.29 is 4.79 Å². The third kappa shape index (κ3) is 4.28. The second-order valence-corrected chi connectivity index (χ2v) is 4.94. The zero-order valence-electron chi connectivity index (χ0n) is 12.5. The Balaban J connectivity index is 2.03. The number of carbonyl (C=O) groups excluding carboxylic acids is 1. The van der Waals surface area contributed by atoms with Crippen LogP contribution in [0.1, 0.15) is 41.3 Å². The molecule has 108 valence electrons. The lowest BCUT2D eigenvalue weighted by Crippen LogP contribution is -2.14. The molecule has 3 heteroatoms. The third-order valence-corrected chi connectivity index (χ3v) is 3.18. The summed E-state index contributed by atoms with van der Waals surface area (Å²) >= 11 is 0. The average molecular weight is 280 g/mol. The van der Waals surface area contributed by atoms with Gasteiger partial charge in [-0.2, -0.15) is 0 Å². The lowest BCUT2D eigenvalue weighted by atomic mass is 10.1. The largest absolute Gasteiger partial charge is 0.307 e. The Morgan fingerprint density at radius 3 is 2.71 bits per heavy atom. The number of pyridine rings is 1. The van der Waals surface area contributed by atoms with Crippen LogP contribution in [0.25, 0.3) is 6.08 Å². The van der Waals surface area contributed by atoms with E-state index in [0.717, 1.165) is 24.0 Å². The fourth-order valence-corrected chi connectivity index (χ4v) is 1.98. The molecule has 0 saturated heterocycles. The molecule has 0 saturated carbocycles. The van der Waals surface area contributed by atoms with Crippen molar-refractivity contribution in [3.63, 3.8) is 0 Å². The van der Waals surface area contributed by atoms with Gasteiger partial charge in [0, 0.05) is 11.8 Å². The van der Waals surface area contributed by atoms with Crippen molar-refractivity contribution in [1.29, 1.82) is 0 Å². The summed E-state index contributed by atoms with van der Waals surface area (Å²) in [6, 6.07) is 11.3. The highest BCUT2D eigenvalue weighted by molar-refractivity contribution is 6.04. The van der Waals surface area contributed by atoms with Crippen molar-refractivity contribution in [3.05, 3.63) is 65.4 Å². The van der Waals surface area contributed by atoms with Crippen molar-refractivity contribution in [1.82, 2.24) is 4.98 Å². The van der Waals surface area contributed by atoms with Crippen molar-refractivity contribution in [2.75, 3.05) is 5.32 Å². The van der Waals surface area contributed by atoms with E-state index in [0.29, 0.717) is 11.4 Å². The minimum atomic E-state index is -0.130. The highest BCUT2D eigenvalue weighted by atomic mass is 16.1. The summed E-state index contributed by atoms with van der Waals surface area (Å²) in [4.78, 5) is 16.4. The van der Waals surface area contributed by atoms with Crippen LogP contribution in [-0.4, -0.2) is 10.9 Å². The van der Waals surface area contributed by atoms with Crippen molar-refractivity contribution in [3.8, 4) is 0 Å². The molecular weight excluding hydrogens is 260 g/mol. The summed E-state index contributed by atoms with van der Waals surface area (Å²) in [5, 5.41) is 2.82. The Bertz CT molecular complexity index is 630. The first-order chi connectivity index (χ1) is 10.2. The number of rotatable bonds is 5. The van der Waals surface area contributed by atoms with Gasteiger partial charge in [0.1, 0.15) is 5.82 Å². The SMILES string of the molecule is CCC/C=C/c1ccc(NC(=O)c2ccccc2C)nc1. The minimum Gasteiger partial charge on any atom is -0.307 e. The molecule has 0 bridgehead atoms. The predicted molar refractivity (Wildman–Crippen MR) is 87.3 cm³/mol. The first-order valence-electron chi connectivity index (χ1n) is 7.20. The third-order valence-electron chi connectivity index (χ3n) is 3.18. The lowest BCUT2D eigenvalue weighted by Gasteiger charge is -2.06. The van der Waals surface area contributed by atoms with Crippen LogP contribution in [-0.2, 0) is 0 Å². The number of allylic oxidation sites excluding steroid dienone is 1. The fraction of sp³-hybridized carbons (Fsp3) is 0.222. The lowest BCUT2D eigenvalue weighted by molar-refractivity contribution is 0.102. The van der Waals surface area contributed by atoms with Gasteiger partial charge < -0.3 is 5.32 Å². The van der Waals surface area contributed by atoms with Crippen LogP contribution in [0.2, 0.25) is 0 Å². The molecule has 0 aliphatic rings. The molecular formula is C18H20N2O. The van der Waals surface area contributed by atoms with E-state index >= 15 is 0 Å². The molecule has 0 aliphatic carbocycles. The smallest absolute Gasteiger partial charge is 0.257 e. The van der Waals surface area contributed by atoms with E-state index in [9.17, 15) is 4.79 Å². The average Bonchev–Trinajstić information content (AvgIpc) is 2.49. The predicted octanol–water partition coefficient (Wildman–Crippen LogP) is 4.46. The molecule has 1 aromatic heterocycles. The molecule has 1 aromatic carbocycles.